The fraction of sp³-hybridized carbons (Fsp3) is 0.438. The van der Waals surface area contributed by atoms with E-state index in [0.717, 1.165) is 11.1 Å². The fourth-order valence-electron chi connectivity index (χ4n) is 4.28. The van der Waals surface area contributed by atoms with Crippen molar-refractivity contribution in [2.24, 2.45) is 11.7 Å². The van der Waals surface area contributed by atoms with Crippen molar-refractivity contribution < 1.29 is 29.0 Å². The lowest BCUT2D eigenvalue weighted by molar-refractivity contribution is -0.133. The SMILES string of the molecule is CCC[C@H](NC(=O)[C@H](NC(=O)[C@@H](Cc1ccc(O)cc1)NCCOc1ccccc1C=CCNC(C)=O)C(C)C)C(N)=O. The van der Waals surface area contributed by atoms with Gasteiger partial charge in [0.25, 0.3) is 0 Å². The van der Waals surface area contributed by atoms with Gasteiger partial charge < -0.3 is 36.8 Å². The topological polar surface area (TPSA) is 172 Å². The molecule has 0 fully saturated rings. The first-order valence-corrected chi connectivity index (χ1v) is 14.6. The van der Waals surface area contributed by atoms with Gasteiger partial charge in [-0.1, -0.05) is 69.7 Å². The number of nitrogens with one attached hydrogen (secondary N) is 4. The van der Waals surface area contributed by atoms with E-state index in [2.05, 4.69) is 21.3 Å². The van der Waals surface area contributed by atoms with Crippen molar-refractivity contribution in [2.45, 2.75) is 65.1 Å². The molecule has 0 aliphatic carbocycles. The molecule has 4 amide bonds. The molecule has 0 unspecified atom stereocenters. The summed E-state index contributed by atoms with van der Waals surface area (Å²) in [7, 11) is 0. The third-order valence-corrected chi connectivity index (χ3v) is 6.61. The van der Waals surface area contributed by atoms with Crippen molar-refractivity contribution in [3.63, 3.8) is 0 Å². The number of ether oxygens (including phenoxy) is 1. The van der Waals surface area contributed by atoms with Crippen molar-refractivity contribution in [2.75, 3.05) is 19.7 Å². The average Bonchev–Trinajstić information content (AvgIpc) is 2.96. The predicted molar refractivity (Wildman–Crippen MR) is 166 cm³/mol. The molecule has 2 rings (SSSR count). The summed E-state index contributed by atoms with van der Waals surface area (Å²) >= 11 is 0. The average molecular weight is 596 g/mol. The predicted octanol–water partition coefficient (Wildman–Crippen LogP) is 2.03. The van der Waals surface area contributed by atoms with Gasteiger partial charge in [-0.25, -0.2) is 0 Å². The van der Waals surface area contributed by atoms with Gasteiger partial charge in [0.15, 0.2) is 0 Å². The van der Waals surface area contributed by atoms with Gasteiger partial charge in [-0.05, 0) is 42.5 Å². The Labute approximate surface area is 253 Å². The summed E-state index contributed by atoms with van der Waals surface area (Å²) in [5.41, 5.74) is 7.11. The molecule has 0 bridgehead atoms. The Morgan fingerprint density at radius 2 is 1.67 bits per heavy atom. The van der Waals surface area contributed by atoms with E-state index in [0.29, 0.717) is 38.1 Å². The van der Waals surface area contributed by atoms with Crippen LogP contribution in [0.15, 0.2) is 54.6 Å². The molecule has 11 heteroatoms. The molecular weight excluding hydrogens is 550 g/mol. The minimum absolute atomic E-state index is 0.113. The summed E-state index contributed by atoms with van der Waals surface area (Å²) in [5, 5.41) is 21.1. The minimum Gasteiger partial charge on any atom is -0.508 e. The molecule has 0 saturated heterocycles. The van der Waals surface area contributed by atoms with Crippen LogP contribution in [-0.2, 0) is 25.6 Å². The molecule has 7 N–H and O–H groups in total. The van der Waals surface area contributed by atoms with Gasteiger partial charge in [0.1, 0.15) is 30.2 Å². The third-order valence-electron chi connectivity index (χ3n) is 6.61. The molecule has 43 heavy (non-hydrogen) atoms. The number of carbonyl (C=O) groups is 4. The molecule has 11 nitrogen and oxygen atoms in total. The van der Waals surface area contributed by atoms with Crippen LogP contribution in [0, 0.1) is 5.92 Å². The number of carbonyl (C=O) groups excluding carboxylic acids is 4. The number of nitrogens with two attached hydrogens (primary N) is 1. The lowest BCUT2D eigenvalue weighted by Gasteiger charge is -2.27. The van der Waals surface area contributed by atoms with Crippen molar-refractivity contribution >= 4 is 29.7 Å². The van der Waals surface area contributed by atoms with Crippen LogP contribution >= 0.6 is 0 Å². The van der Waals surface area contributed by atoms with E-state index in [1.54, 1.807) is 24.3 Å². The second-order valence-electron chi connectivity index (χ2n) is 10.6. The van der Waals surface area contributed by atoms with Gasteiger partial charge in [-0.2, -0.15) is 0 Å². The molecule has 0 spiro atoms. The molecule has 0 heterocycles. The van der Waals surface area contributed by atoms with E-state index in [1.165, 1.54) is 6.92 Å². The highest BCUT2D eigenvalue weighted by Crippen LogP contribution is 2.19. The molecule has 2 aromatic rings. The zero-order valence-corrected chi connectivity index (χ0v) is 25.4. The Bertz CT molecular complexity index is 1230. The van der Waals surface area contributed by atoms with Crippen molar-refractivity contribution in [1.29, 1.82) is 0 Å². The number of phenolic OH excluding ortho intramolecular Hbond substituents is 1. The van der Waals surface area contributed by atoms with Crippen LogP contribution in [0.4, 0.5) is 0 Å². The molecule has 0 radical (unpaired) electrons. The summed E-state index contributed by atoms with van der Waals surface area (Å²) in [5.74, 6) is -1.10. The van der Waals surface area contributed by atoms with E-state index >= 15 is 0 Å². The first-order chi connectivity index (χ1) is 20.5. The minimum atomic E-state index is -0.886. The van der Waals surface area contributed by atoms with Crippen LogP contribution in [0.3, 0.4) is 0 Å². The summed E-state index contributed by atoms with van der Waals surface area (Å²) in [4.78, 5) is 49.5. The van der Waals surface area contributed by atoms with Crippen LogP contribution in [0.1, 0.15) is 51.7 Å². The van der Waals surface area contributed by atoms with E-state index in [1.807, 2.05) is 57.2 Å². The number of primary amides is 1. The number of benzene rings is 2. The molecule has 0 aliphatic heterocycles. The van der Waals surface area contributed by atoms with Crippen LogP contribution in [0.5, 0.6) is 11.5 Å². The molecule has 0 saturated carbocycles. The highest BCUT2D eigenvalue weighted by Gasteiger charge is 2.30. The van der Waals surface area contributed by atoms with Gasteiger partial charge in [-0.15, -0.1) is 0 Å². The van der Waals surface area contributed by atoms with Gasteiger partial charge in [0.2, 0.25) is 23.6 Å². The Balaban J connectivity index is 2.10. The van der Waals surface area contributed by atoms with Crippen molar-refractivity contribution in [3.8, 4) is 11.5 Å². The molecule has 2 aromatic carbocycles. The maximum atomic E-state index is 13.5. The smallest absolute Gasteiger partial charge is 0.243 e. The van der Waals surface area contributed by atoms with Crippen LogP contribution in [0.2, 0.25) is 0 Å². The van der Waals surface area contributed by atoms with E-state index in [4.69, 9.17) is 10.5 Å². The number of phenols is 1. The summed E-state index contributed by atoms with van der Waals surface area (Å²) in [6.45, 7) is 7.93. The van der Waals surface area contributed by atoms with Crippen LogP contribution in [0.25, 0.3) is 6.08 Å². The Morgan fingerprint density at radius 3 is 2.30 bits per heavy atom. The van der Waals surface area contributed by atoms with Crippen LogP contribution in [-0.4, -0.2) is 66.6 Å². The highest BCUT2D eigenvalue weighted by atomic mass is 16.5. The Morgan fingerprint density at radius 1 is 0.977 bits per heavy atom. The van der Waals surface area contributed by atoms with Gasteiger partial charge in [0.05, 0.1) is 6.04 Å². The van der Waals surface area contributed by atoms with E-state index < -0.39 is 35.8 Å². The second-order valence-corrected chi connectivity index (χ2v) is 10.6. The standard InChI is InChI=1S/C32H45N5O6/c1-5-9-26(30(33)40)36-32(42)29(21(2)3)37-31(41)27(20-23-13-15-25(39)16-14-23)35-18-19-43-28-12-7-6-10-24(28)11-8-17-34-22(4)38/h6-8,10-16,21,26-27,29,35,39H,5,9,17-20H2,1-4H3,(H2,33,40)(H,34,38)(H,36,42)(H,37,41)/t26-,27+,29+/m0/s1. The van der Waals surface area contributed by atoms with Crippen molar-refractivity contribution in [3.05, 3.63) is 65.7 Å². The number of amides is 4. The third kappa shape index (κ3) is 12.6. The molecular formula is C32H45N5O6. The first kappa shape index (κ1) is 34.8. The number of aromatic hydroxyl groups is 1. The number of para-hydroxylation sites is 1. The molecule has 234 valence electrons. The molecule has 0 aliphatic rings. The quantitative estimate of drug-likeness (QED) is 0.143. The lowest BCUT2D eigenvalue weighted by atomic mass is 10.00. The number of rotatable bonds is 18. The Hall–Kier alpha value is -4.38. The number of hydrogen-bond donors (Lipinski definition) is 6. The van der Waals surface area contributed by atoms with Gasteiger partial charge in [-0.3, -0.25) is 19.2 Å². The lowest BCUT2D eigenvalue weighted by Crippen LogP contribution is -2.58. The van der Waals surface area contributed by atoms with Crippen LogP contribution < -0.4 is 31.7 Å². The van der Waals surface area contributed by atoms with Crippen molar-refractivity contribution in [1.82, 2.24) is 21.3 Å². The monoisotopic (exact) mass is 595 g/mol. The molecule has 3 atom stereocenters. The normalized spacial score (nSPS) is 13.2. The zero-order chi connectivity index (χ0) is 31.8. The summed E-state index contributed by atoms with van der Waals surface area (Å²) < 4.78 is 5.98. The first-order valence-electron chi connectivity index (χ1n) is 14.6. The number of hydrogen-bond acceptors (Lipinski definition) is 7. The van der Waals surface area contributed by atoms with Gasteiger partial charge in [0, 0.05) is 25.6 Å². The van der Waals surface area contributed by atoms with E-state index in [-0.39, 0.29) is 24.2 Å². The van der Waals surface area contributed by atoms with Gasteiger partial charge >= 0.3 is 0 Å². The van der Waals surface area contributed by atoms with E-state index in [9.17, 15) is 24.3 Å². The second kappa shape index (κ2) is 18.2. The highest BCUT2D eigenvalue weighted by molar-refractivity contribution is 5.93. The maximum absolute atomic E-state index is 13.5. The Kier molecular flexibility index (Phi) is 14.8. The summed E-state index contributed by atoms with van der Waals surface area (Å²) in [6, 6.07) is 11.6. The maximum Gasteiger partial charge on any atom is 0.243 e. The summed E-state index contributed by atoms with van der Waals surface area (Å²) in [6.07, 6.45) is 5.04. The largest absolute Gasteiger partial charge is 0.508 e. The fourth-order valence-corrected chi connectivity index (χ4v) is 4.28. The molecule has 0 aromatic heterocycles. The zero-order valence-electron chi connectivity index (χ0n) is 25.4.